The Balaban J connectivity index is 0. The van der Waals surface area contributed by atoms with Crippen molar-refractivity contribution in [1.82, 2.24) is 4.90 Å². The first kappa shape index (κ1) is 29.1. The summed E-state index contributed by atoms with van der Waals surface area (Å²) in [5.74, 6) is 0. The first-order valence-corrected chi connectivity index (χ1v) is 12.5. The highest BCUT2D eigenvalue weighted by molar-refractivity contribution is 4.55. The van der Waals surface area contributed by atoms with E-state index in [2.05, 4.69) is 25.8 Å². The summed E-state index contributed by atoms with van der Waals surface area (Å²) in [5.41, 5.74) is 0. The zero-order valence-corrected chi connectivity index (χ0v) is 19.5. The average molecular weight is 386 g/mol. The van der Waals surface area contributed by atoms with E-state index >= 15 is 0 Å². The SMILES string of the molecule is CCCCCCCCCCCCN(C)CCCCCCCCCCCC.O. The van der Waals surface area contributed by atoms with Gasteiger partial charge < -0.3 is 10.4 Å². The Hall–Kier alpha value is -0.0800. The summed E-state index contributed by atoms with van der Waals surface area (Å²) >= 11 is 0. The summed E-state index contributed by atoms with van der Waals surface area (Å²) in [6, 6.07) is 0. The lowest BCUT2D eigenvalue weighted by molar-refractivity contribution is 0.314. The van der Waals surface area contributed by atoms with Gasteiger partial charge in [-0.3, -0.25) is 0 Å². The van der Waals surface area contributed by atoms with Crippen LogP contribution in [0.2, 0.25) is 0 Å². The highest BCUT2D eigenvalue weighted by atomic mass is 16.0. The van der Waals surface area contributed by atoms with Crippen molar-refractivity contribution in [3.63, 3.8) is 0 Å². The van der Waals surface area contributed by atoms with E-state index in [0.29, 0.717) is 0 Å². The van der Waals surface area contributed by atoms with Crippen molar-refractivity contribution in [2.24, 2.45) is 0 Å². The molecule has 0 aromatic carbocycles. The Kier molecular flexibility index (Phi) is 28.0. The molecular formula is C25H55NO. The van der Waals surface area contributed by atoms with Gasteiger partial charge in [-0.2, -0.15) is 0 Å². The van der Waals surface area contributed by atoms with Crippen LogP contribution in [0, 0.1) is 0 Å². The Bertz CT molecular complexity index is 220. The molecule has 0 aliphatic heterocycles. The maximum Gasteiger partial charge on any atom is -0.00218 e. The topological polar surface area (TPSA) is 34.7 Å². The van der Waals surface area contributed by atoms with E-state index in [1.54, 1.807) is 0 Å². The van der Waals surface area contributed by atoms with E-state index in [0.717, 1.165) is 0 Å². The van der Waals surface area contributed by atoms with Gasteiger partial charge >= 0.3 is 0 Å². The molecule has 0 radical (unpaired) electrons. The van der Waals surface area contributed by atoms with Crippen LogP contribution in [0.15, 0.2) is 0 Å². The molecule has 0 aromatic heterocycles. The first-order valence-electron chi connectivity index (χ1n) is 12.5. The summed E-state index contributed by atoms with van der Waals surface area (Å²) in [5, 5.41) is 0. The van der Waals surface area contributed by atoms with Crippen LogP contribution < -0.4 is 0 Å². The van der Waals surface area contributed by atoms with Crippen LogP contribution in [0.5, 0.6) is 0 Å². The van der Waals surface area contributed by atoms with Gasteiger partial charge in [0.1, 0.15) is 0 Å². The summed E-state index contributed by atoms with van der Waals surface area (Å²) in [4.78, 5) is 2.56. The van der Waals surface area contributed by atoms with E-state index in [9.17, 15) is 0 Å². The van der Waals surface area contributed by atoms with Crippen LogP contribution in [0.4, 0.5) is 0 Å². The van der Waals surface area contributed by atoms with Gasteiger partial charge in [-0.25, -0.2) is 0 Å². The molecule has 0 spiro atoms. The second-order valence-corrected chi connectivity index (χ2v) is 8.67. The Morgan fingerprint density at radius 2 is 0.593 bits per heavy atom. The maximum absolute atomic E-state index is 2.56. The lowest BCUT2D eigenvalue weighted by atomic mass is 10.1. The van der Waals surface area contributed by atoms with Crippen molar-refractivity contribution in [1.29, 1.82) is 0 Å². The first-order chi connectivity index (χ1) is 12.8. The van der Waals surface area contributed by atoms with Gasteiger partial charge in [0.05, 0.1) is 0 Å². The summed E-state index contributed by atoms with van der Waals surface area (Å²) < 4.78 is 0. The molecule has 2 heteroatoms. The minimum absolute atomic E-state index is 0. The van der Waals surface area contributed by atoms with Crippen molar-refractivity contribution in [3.8, 4) is 0 Å². The minimum atomic E-state index is 0. The number of hydrogen-bond acceptors (Lipinski definition) is 1. The molecule has 2 nitrogen and oxygen atoms in total. The molecular weight excluding hydrogens is 330 g/mol. The molecule has 0 aliphatic rings. The standard InChI is InChI=1S/C25H53N.H2O/c1-4-6-8-10-12-14-16-18-20-22-24-26(3)25-23-21-19-17-15-13-11-9-7-5-2;/h4-25H2,1-3H3;1H2. The summed E-state index contributed by atoms with van der Waals surface area (Å²) in [6.07, 6.45) is 28.9. The average Bonchev–Trinajstić information content (AvgIpc) is 2.64. The molecule has 0 unspecified atom stereocenters. The molecule has 0 aliphatic carbocycles. The highest BCUT2D eigenvalue weighted by Gasteiger charge is 1.99. The number of unbranched alkanes of at least 4 members (excludes halogenated alkanes) is 18. The van der Waals surface area contributed by atoms with Gasteiger partial charge in [-0.05, 0) is 33.0 Å². The third-order valence-corrected chi connectivity index (χ3v) is 5.79. The molecule has 2 N–H and O–H groups in total. The van der Waals surface area contributed by atoms with Crippen molar-refractivity contribution >= 4 is 0 Å². The fraction of sp³-hybridized carbons (Fsp3) is 1.00. The van der Waals surface area contributed by atoms with Gasteiger partial charge in [0.15, 0.2) is 0 Å². The van der Waals surface area contributed by atoms with Gasteiger partial charge in [0.2, 0.25) is 0 Å². The predicted molar refractivity (Wildman–Crippen MR) is 125 cm³/mol. The molecule has 0 saturated carbocycles. The van der Waals surface area contributed by atoms with Crippen molar-refractivity contribution < 1.29 is 5.48 Å². The minimum Gasteiger partial charge on any atom is -0.412 e. The summed E-state index contributed by atoms with van der Waals surface area (Å²) in [6.45, 7) is 7.23. The fourth-order valence-corrected chi connectivity index (χ4v) is 3.85. The molecule has 166 valence electrons. The molecule has 27 heavy (non-hydrogen) atoms. The lowest BCUT2D eigenvalue weighted by Gasteiger charge is -2.16. The van der Waals surface area contributed by atoms with Gasteiger partial charge in [-0.1, -0.05) is 129 Å². The van der Waals surface area contributed by atoms with Crippen molar-refractivity contribution in [3.05, 3.63) is 0 Å². The summed E-state index contributed by atoms with van der Waals surface area (Å²) in [7, 11) is 2.32. The predicted octanol–water partition coefficient (Wildman–Crippen LogP) is 7.94. The quantitative estimate of drug-likeness (QED) is 0.174. The van der Waals surface area contributed by atoms with Crippen LogP contribution in [0.1, 0.15) is 142 Å². The molecule has 0 fully saturated rings. The van der Waals surface area contributed by atoms with Crippen molar-refractivity contribution in [2.45, 2.75) is 142 Å². The largest absolute Gasteiger partial charge is 0.412 e. The lowest BCUT2D eigenvalue weighted by Crippen LogP contribution is -2.20. The van der Waals surface area contributed by atoms with E-state index < -0.39 is 0 Å². The van der Waals surface area contributed by atoms with Crippen LogP contribution in [-0.2, 0) is 0 Å². The highest BCUT2D eigenvalue weighted by Crippen LogP contribution is 2.12. The zero-order valence-electron chi connectivity index (χ0n) is 19.5. The molecule has 0 atom stereocenters. The number of nitrogens with zero attached hydrogens (tertiary/aromatic N) is 1. The van der Waals surface area contributed by atoms with E-state index in [1.165, 1.54) is 142 Å². The third kappa shape index (κ3) is 25.9. The van der Waals surface area contributed by atoms with Crippen LogP contribution in [0.25, 0.3) is 0 Å². The Labute approximate surface area is 173 Å². The van der Waals surface area contributed by atoms with E-state index in [4.69, 9.17) is 0 Å². The molecule has 0 amide bonds. The van der Waals surface area contributed by atoms with Crippen molar-refractivity contribution in [2.75, 3.05) is 20.1 Å². The van der Waals surface area contributed by atoms with Crippen LogP contribution >= 0.6 is 0 Å². The smallest absolute Gasteiger partial charge is 0.00218 e. The van der Waals surface area contributed by atoms with Gasteiger partial charge in [-0.15, -0.1) is 0 Å². The fourth-order valence-electron chi connectivity index (χ4n) is 3.85. The number of hydrogen-bond donors (Lipinski definition) is 0. The molecule has 0 bridgehead atoms. The third-order valence-electron chi connectivity index (χ3n) is 5.79. The molecule has 0 aromatic rings. The Morgan fingerprint density at radius 1 is 0.370 bits per heavy atom. The number of rotatable bonds is 22. The molecule has 0 saturated heterocycles. The van der Waals surface area contributed by atoms with Gasteiger partial charge in [0.25, 0.3) is 0 Å². The second-order valence-electron chi connectivity index (χ2n) is 8.67. The monoisotopic (exact) mass is 385 g/mol. The van der Waals surface area contributed by atoms with Crippen LogP contribution in [-0.4, -0.2) is 30.5 Å². The Morgan fingerprint density at radius 3 is 0.852 bits per heavy atom. The second kappa shape index (κ2) is 25.9. The van der Waals surface area contributed by atoms with E-state index in [1.807, 2.05) is 0 Å². The van der Waals surface area contributed by atoms with Crippen LogP contribution in [0.3, 0.4) is 0 Å². The molecule has 0 heterocycles. The zero-order chi connectivity index (χ0) is 19.1. The maximum atomic E-state index is 2.56. The molecule has 0 rings (SSSR count). The van der Waals surface area contributed by atoms with E-state index in [-0.39, 0.29) is 5.48 Å². The van der Waals surface area contributed by atoms with Gasteiger partial charge in [0, 0.05) is 0 Å². The normalized spacial score (nSPS) is 11.1.